The van der Waals surface area contributed by atoms with Gasteiger partial charge in [-0.15, -0.1) is 0 Å². The Labute approximate surface area is 53.5 Å². The van der Waals surface area contributed by atoms with Crippen LogP contribution in [0.2, 0.25) is 0 Å². The molecule has 0 radical (unpaired) electrons. The quantitative estimate of drug-likeness (QED) is 0.428. The standard InChI is InChI=1S/C6H9NO2/c1-2-3-4-5(8)6(7)9/h2-3H,4H2,1H3,(H2,7,9)/b3-2+. The van der Waals surface area contributed by atoms with Gasteiger partial charge in [-0.1, -0.05) is 12.2 Å². The van der Waals surface area contributed by atoms with Crippen LogP contribution in [-0.2, 0) is 9.59 Å². The van der Waals surface area contributed by atoms with E-state index >= 15 is 0 Å². The highest BCUT2D eigenvalue weighted by Gasteiger charge is 2.03. The van der Waals surface area contributed by atoms with Crippen LogP contribution in [0.25, 0.3) is 0 Å². The summed E-state index contributed by atoms with van der Waals surface area (Å²) < 4.78 is 0. The molecule has 0 saturated heterocycles. The van der Waals surface area contributed by atoms with Crippen LogP contribution in [-0.4, -0.2) is 11.7 Å². The fraction of sp³-hybridized carbons (Fsp3) is 0.333. The van der Waals surface area contributed by atoms with Crippen LogP contribution in [0.4, 0.5) is 0 Å². The molecule has 0 unspecified atom stereocenters. The van der Waals surface area contributed by atoms with E-state index in [9.17, 15) is 9.59 Å². The number of amides is 1. The Balaban J connectivity index is 3.65. The predicted octanol–water partition coefficient (Wildman–Crippen LogP) is 0.00700. The first kappa shape index (κ1) is 7.88. The molecule has 0 aromatic carbocycles. The second kappa shape index (κ2) is 3.83. The van der Waals surface area contributed by atoms with Crippen molar-refractivity contribution < 1.29 is 9.59 Å². The van der Waals surface area contributed by atoms with Gasteiger partial charge in [0, 0.05) is 6.42 Å². The van der Waals surface area contributed by atoms with E-state index in [-0.39, 0.29) is 6.42 Å². The molecule has 0 aliphatic rings. The van der Waals surface area contributed by atoms with Crippen molar-refractivity contribution in [3.8, 4) is 0 Å². The average molecular weight is 127 g/mol. The molecule has 0 aromatic heterocycles. The van der Waals surface area contributed by atoms with E-state index in [0.717, 1.165) is 0 Å². The summed E-state index contributed by atoms with van der Waals surface area (Å²) in [5, 5.41) is 0. The zero-order valence-corrected chi connectivity index (χ0v) is 5.26. The van der Waals surface area contributed by atoms with E-state index in [1.54, 1.807) is 19.1 Å². The van der Waals surface area contributed by atoms with E-state index in [2.05, 4.69) is 5.73 Å². The van der Waals surface area contributed by atoms with Crippen LogP contribution >= 0.6 is 0 Å². The van der Waals surface area contributed by atoms with Gasteiger partial charge in [0.25, 0.3) is 5.91 Å². The van der Waals surface area contributed by atoms with E-state index in [4.69, 9.17) is 0 Å². The molecule has 0 heterocycles. The third-order valence-electron chi connectivity index (χ3n) is 0.814. The number of ketones is 1. The average Bonchev–Trinajstić information content (AvgIpc) is 1.82. The Hall–Kier alpha value is -1.12. The van der Waals surface area contributed by atoms with Crippen molar-refractivity contribution >= 4 is 11.7 Å². The zero-order chi connectivity index (χ0) is 7.28. The zero-order valence-electron chi connectivity index (χ0n) is 5.26. The molecule has 0 atom stereocenters. The maximum atomic E-state index is 10.4. The Morgan fingerprint density at radius 3 is 2.44 bits per heavy atom. The number of hydrogen-bond acceptors (Lipinski definition) is 2. The van der Waals surface area contributed by atoms with E-state index in [1.807, 2.05) is 0 Å². The van der Waals surface area contributed by atoms with Gasteiger partial charge in [-0.25, -0.2) is 0 Å². The molecule has 0 aliphatic carbocycles. The van der Waals surface area contributed by atoms with Crippen LogP contribution in [0.5, 0.6) is 0 Å². The number of rotatable bonds is 3. The lowest BCUT2D eigenvalue weighted by molar-refractivity contribution is -0.135. The third-order valence-corrected chi connectivity index (χ3v) is 0.814. The van der Waals surface area contributed by atoms with Gasteiger partial charge >= 0.3 is 0 Å². The molecule has 2 N–H and O–H groups in total. The SMILES string of the molecule is C/C=C/CC(=O)C(N)=O. The molecule has 0 saturated carbocycles. The second-order valence-electron chi connectivity index (χ2n) is 1.56. The summed E-state index contributed by atoms with van der Waals surface area (Å²) in [6, 6.07) is 0. The summed E-state index contributed by atoms with van der Waals surface area (Å²) in [6.45, 7) is 1.77. The Bertz CT molecular complexity index is 149. The number of carbonyl (C=O) groups excluding carboxylic acids is 2. The van der Waals surface area contributed by atoms with Crippen LogP contribution < -0.4 is 5.73 Å². The fourth-order valence-electron chi connectivity index (χ4n) is 0.325. The number of primary amides is 1. The van der Waals surface area contributed by atoms with Crippen molar-refractivity contribution in [1.29, 1.82) is 0 Å². The molecule has 50 valence electrons. The van der Waals surface area contributed by atoms with Gasteiger partial charge in [-0.2, -0.15) is 0 Å². The van der Waals surface area contributed by atoms with Gasteiger partial charge in [0.1, 0.15) is 0 Å². The third kappa shape index (κ3) is 3.46. The summed E-state index contributed by atoms with van der Waals surface area (Å²) >= 11 is 0. The van der Waals surface area contributed by atoms with Gasteiger partial charge in [0.2, 0.25) is 5.78 Å². The minimum atomic E-state index is -0.867. The molecule has 0 spiro atoms. The summed E-state index contributed by atoms with van der Waals surface area (Å²) in [5.41, 5.74) is 4.65. The van der Waals surface area contributed by atoms with Crippen molar-refractivity contribution in [2.24, 2.45) is 5.73 Å². The lowest BCUT2D eigenvalue weighted by atomic mass is 10.2. The van der Waals surface area contributed by atoms with Crippen molar-refractivity contribution in [1.82, 2.24) is 0 Å². The Morgan fingerprint density at radius 1 is 1.56 bits per heavy atom. The monoisotopic (exact) mass is 127 g/mol. The Kier molecular flexibility index (Phi) is 3.35. The molecule has 0 aliphatic heterocycles. The first-order chi connectivity index (χ1) is 4.18. The maximum absolute atomic E-state index is 10.4. The lowest BCUT2D eigenvalue weighted by Gasteiger charge is -1.85. The molecular weight excluding hydrogens is 118 g/mol. The van der Waals surface area contributed by atoms with Crippen molar-refractivity contribution in [3.05, 3.63) is 12.2 Å². The maximum Gasteiger partial charge on any atom is 0.285 e. The largest absolute Gasteiger partial charge is 0.363 e. The highest BCUT2D eigenvalue weighted by molar-refractivity contribution is 6.35. The molecule has 3 heteroatoms. The van der Waals surface area contributed by atoms with Crippen molar-refractivity contribution in [3.63, 3.8) is 0 Å². The molecule has 9 heavy (non-hydrogen) atoms. The highest BCUT2D eigenvalue weighted by Crippen LogP contribution is 1.83. The number of nitrogens with two attached hydrogens (primary N) is 1. The highest BCUT2D eigenvalue weighted by atomic mass is 16.2. The van der Waals surface area contributed by atoms with Crippen LogP contribution in [0.15, 0.2) is 12.2 Å². The van der Waals surface area contributed by atoms with Crippen LogP contribution in [0.1, 0.15) is 13.3 Å². The number of Topliss-reactive ketones (excluding diaryl/α,β-unsaturated/α-hetero) is 1. The van der Waals surface area contributed by atoms with Crippen molar-refractivity contribution in [2.75, 3.05) is 0 Å². The lowest BCUT2D eigenvalue weighted by Crippen LogP contribution is -2.21. The van der Waals surface area contributed by atoms with Crippen molar-refractivity contribution in [2.45, 2.75) is 13.3 Å². The first-order valence-electron chi connectivity index (χ1n) is 2.62. The van der Waals surface area contributed by atoms with Gasteiger partial charge in [0.15, 0.2) is 0 Å². The first-order valence-corrected chi connectivity index (χ1v) is 2.62. The molecule has 0 bridgehead atoms. The number of hydrogen-bond donors (Lipinski definition) is 1. The minimum absolute atomic E-state index is 0.117. The smallest absolute Gasteiger partial charge is 0.285 e. The molecule has 0 fully saturated rings. The summed E-state index contributed by atoms with van der Waals surface area (Å²) in [7, 11) is 0. The molecule has 0 rings (SSSR count). The summed E-state index contributed by atoms with van der Waals surface area (Å²) in [4.78, 5) is 20.4. The van der Waals surface area contributed by atoms with Gasteiger partial charge in [-0.05, 0) is 6.92 Å². The number of carbonyl (C=O) groups is 2. The second-order valence-corrected chi connectivity index (χ2v) is 1.56. The molecule has 3 nitrogen and oxygen atoms in total. The summed E-state index contributed by atoms with van der Waals surface area (Å²) in [6.07, 6.45) is 3.40. The van der Waals surface area contributed by atoms with Crippen LogP contribution in [0.3, 0.4) is 0 Å². The van der Waals surface area contributed by atoms with Crippen LogP contribution in [0, 0.1) is 0 Å². The van der Waals surface area contributed by atoms with E-state index in [1.165, 1.54) is 0 Å². The van der Waals surface area contributed by atoms with E-state index in [0.29, 0.717) is 0 Å². The molecule has 0 aromatic rings. The number of allylic oxidation sites excluding steroid dienone is 2. The molecule has 1 amide bonds. The van der Waals surface area contributed by atoms with Gasteiger partial charge in [0.05, 0.1) is 0 Å². The topological polar surface area (TPSA) is 60.2 Å². The normalized spacial score (nSPS) is 9.89. The Morgan fingerprint density at radius 2 is 2.11 bits per heavy atom. The van der Waals surface area contributed by atoms with Gasteiger partial charge in [-0.3, -0.25) is 9.59 Å². The predicted molar refractivity (Wildman–Crippen MR) is 33.6 cm³/mol. The summed E-state index contributed by atoms with van der Waals surface area (Å²) in [5.74, 6) is -1.42. The molecular formula is C6H9NO2. The fourth-order valence-corrected chi connectivity index (χ4v) is 0.325. The van der Waals surface area contributed by atoms with Gasteiger partial charge < -0.3 is 5.73 Å². The van der Waals surface area contributed by atoms with E-state index < -0.39 is 11.7 Å². The minimum Gasteiger partial charge on any atom is -0.363 e.